The Bertz CT molecular complexity index is 1210. The number of rotatable bonds is 5. The van der Waals surface area contributed by atoms with Crippen molar-refractivity contribution in [3.63, 3.8) is 0 Å². The van der Waals surface area contributed by atoms with E-state index in [0.29, 0.717) is 49.6 Å². The molecule has 4 rings (SSSR count). The minimum Gasteiger partial charge on any atom is -0.337 e. The molecule has 2 aliphatic rings. The zero-order valence-electron chi connectivity index (χ0n) is 18.8. The van der Waals surface area contributed by atoms with Gasteiger partial charge < -0.3 is 4.90 Å². The lowest BCUT2D eigenvalue weighted by Gasteiger charge is -2.22. The van der Waals surface area contributed by atoms with Crippen molar-refractivity contribution in [1.29, 1.82) is 0 Å². The second-order valence-corrected chi connectivity index (χ2v) is 12.3. The van der Waals surface area contributed by atoms with Crippen LogP contribution in [0, 0.1) is 13.8 Å². The molecular weight excluding hydrogens is 466 g/mol. The van der Waals surface area contributed by atoms with Gasteiger partial charge in [-0.25, -0.2) is 16.8 Å². The lowest BCUT2D eigenvalue weighted by molar-refractivity contribution is 0.0764. The first kappa shape index (κ1) is 23.9. The summed E-state index contributed by atoms with van der Waals surface area (Å²) in [6, 6.07) is 6.01. The summed E-state index contributed by atoms with van der Waals surface area (Å²) in [5.74, 6) is -0.241. The molecular formula is C21H29N5O5S2. The summed E-state index contributed by atoms with van der Waals surface area (Å²) in [5.41, 5.74) is 1.30. The molecule has 0 unspecified atom stereocenters. The van der Waals surface area contributed by atoms with Crippen LogP contribution in [0.3, 0.4) is 0 Å². The number of carbonyl (C=O) groups excluding carboxylic acids is 1. The summed E-state index contributed by atoms with van der Waals surface area (Å²) in [7, 11) is -7.25. The fourth-order valence-corrected chi connectivity index (χ4v) is 7.73. The number of carbonyl (C=O) groups is 1. The quantitative estimate of drug-likeness (QED) is 0.668. The number of aromatic amines is 1. The third-order valence-corrected chi connectivity index (χ3v) is 10.3. The highest BCUT2D eigenvalue weighted by Gasteiger charge is 2.32. The minimum atomic E-state index is -3.72. The van der Waals surface area contributed by atoms with Gasteiger partial charge in [-0.3, -0.25) is 9.89 Å². The molecule has 2 saturated heterocycles. The van der Waals surface area contributed by atoms with E-state index < -0.39 is 20.0 Å². The average molecular weight is 496 g/mol. The van der Waals surface area contributed by atoms with Crippen molar-refractivity contribution in [1.82, 2.24) is 23.7 Å². The maximum Gasteiger partial charge on any atom is 0.253 e. The molecule has 1 N–H and O–H groups in total. The van der Waals surface area contributed by atoms with Gasteiger partial charge in [0.25, 0.3) is 5.91 Å². The Balaban J connectivity index is 1.46. The van der Waals surface area contributed by atoms with E-state index in [4.69, 9.17) is 0 Å². The first-order valence-corrected chi connectivity index (χ1v) is 13.9. The van der Waals surface area contributed by atoms with E-state index in [0.717, 1.165) is 12.8 Å². The molecule has 1 amide bonds. The van der Waals surface area contributed by atoms with Crippen molar-refractivity contribution in [3.8, 4) is 0 Å². The van der Waals surface area contributed by atoms with Crippen LogP contribution in [-0.2, 0) is 20.0 Å². The number of hydrogen-bond donors (Lipinski definition) is 1. The van der Waals surface area contributed by atoms with Gasteiger partial charge in [0.05, 0.1) is 16.3 Å². The van der Waals surface area contributed by atoms with Crippen molar-refractivity contribution in [3.05, 3.63) is 41.2 Å². The number of hydrogen-bond acceptors (Lipinski definition) is 6. The molecule has 0 radical (unpaired) electrons. The second-order valence-electron chi connectivity index (χ2n) is 8.45. The molecule has 10 nitrogen and oxygen atoms in total. The number of nitrogens with zero attached hydrogens (tertiary/aromatic N) is 4. The number of H-pyrrole nitrogens is 1. The van der Waals surface area contributed by atoms with Crippen LogP contribution in [0.4, 0.5) is 0 Å². The smallest absolute Gasteiger partial charge is 0.253 e. The number of benzene rings is 1. The molecule has 2 aliphatic heterocycles. The van der Waals surface area contributed by atoms with Crippen LogP contribution in [0.5, 0.6) is 0 Å². The Kier molecular flexibility index (Phi) is 6.63. The van der Waals surface area contributed by atoms with Gasteiger partial charge in [0.2, 0.25) is 20.0 Å². The van der Waals surface area contributed by atoms with Crippen LogP contribution in [0.2, 0.25) is 0 Å². The van der Waals surface area contributed by atoms with Gasteiger partial charge in [0.15, 0.2) is 0 Å². The summed E-state index contributed by atoms with van der Waals surface area (Å²) >= 11 is 0. The predicted octanol–water partition coefficient (Wildman–Crippen LogP) is 1.35. The lowest BCUT2D eigenvalue weighted by atomic mass is 10.2. The normalized spacial score (nSPS) is 19.0. The monoisotopic (exact) mass is 495 g/mol. The number of amides is 1. The van der Waals surface area contributed by atoms with Gasteiger partial charge in [-0.15, -0.1) is 0 Å². The van der Waals surface area contributed by atoms with E-state index >= 15 is 0 Å². The Morgan fingerprint density at radius 2 is 1.42 bits per heavy atom. The van der Waals surface area contributed by atoms with Crippen LogP contribution in [0.15, 0.2) is 34.1 Å². The maximum absolute atomic E-state index is 13.1. The SMILES string of the molecule is Cc1n[nH]c(C)c1S(=O)(=O)N1CCCN(C(=O)c2ccc(S(=O)(=O)N3CCCC3)cc2)CC1. The number of nitrogens with one attached hydrogen (secondary N) is 1. The highest BCUT2D eigenvalue weighted by Crippen LogP contribution is 2.24. The van der Waals surface area contributed by atoms with E-state index in [2.05, 4.69) is 10.2 Å². The molecule has 0 atom stereocenters. The number of aromatic nitrogens is 2. The Labute approximate surface area is 194 Å². The molecule has 0 saturated carbocycles. The molecule has 1 aromatic heterocycles. The lowest BCUT2D eigenvalue weighted by Crippen LogP contribution is -2.37. The van der Waals surface area contributed by atoms with Gasteiger partial charge in [-0.05, 0) is 57.4 Å². The van der Waals surface area contributed by atoms with Gasteiger partial charge in [-0.1, -0.05) is 0 Å². The fraction of sp³-hybridized carbons (Fsp3) is 0.524. The van der Waals surface area contributed by atoms with Crippen LogP contribution < -0.4 is 0 Å². The van der Waals surface area contributed by atoms with Gasteiger partial charge in [0.1, 0.15) is 4.90 Å². The number of sulfonamides is 2. The fourth-order valence-electron chi connectivity index (χ4n) is 4.42. The molecule has 2 fully saturated rings. The van der Waals surface area contributed by atoms with Crippen LogP contribution in [-0.4, -0.2) is 85.7 Å². The highest BCUT2D eigenvalue weighted by molar-refractivity contribution is 7.89. The first-order chi connectivity index (χ1) is 15.6. The van der Waals surface area contributed by atoms with E-state index in [1.165, 1.54) is 32.9 Å². The molecule has 0 spiro atoms. The molecule has 0 aliphatic carbocycles. The molecule has 3 heterocycles. The Morgan fingerprint density at radius 1 is 0.818 bits per heavy atom. The van der Waals surface area contributed by atoms with Crippen molar-refractivity contribution >= 4 is 26.0 Å². The van der Waals surface area contributed by atoms with Crippen LogP contribution >= 0.6 is 0 Å². The molecule has 33 heavy (non-hydrogen) atoms. The Morgan fingerprint density at radius 3 is 2.03 bits per heavy atom. The molecule has 12 heteroatoms. The third-order valence-electron chi connectivity index (χ3n) is 6.20. The van der Waals surface area contributed by atoms with Gasteiger partial charge in [-0.2, -0.15) is 13.7 Å². The summed E-state index contributed by atoms with van der Waals surface area (Å²) in [6.07, 6.45) is 2.22. The highest BCUT2D eigenvalue weighted by atomic mass is 32.2. The molecule has 0 bridgehead atoms. The van der Waals surface area contributed by atoms with E-state index in [1.54, 1.807) is 18.7 Å². The van der Waals surface area contributed by atoms with E-state index in [-0.39, 0.29) is 28.8 Å². The van der Waals surface area contributed by atoms with Crippen molar-refractivity contribution in [2.24, 2.45) is 0 Å². The summed E-state index contributed by atoms with van der Waals surface area (Å²) in [6.45, 7) is 5.53. The third kappa shape index (κ3) is 4.57. The zero-order valence-corrected chi connectivity index (χ0v) is 20.5. The topological polar surface area (TPSA) is 124 Å². The summed E-state index contributed by atoms with van der Waals surface area (Å²) in [4.78, 5) is 15.0. The summed E-state index contributed by atoms with van der Waals surface area (Å²) in [5, 5.41) is 6.70. The van der Waals surface area contributed by atoms with Crippen molar-refractivity contribution in [2.75, 3.05) is 39.3 Å². The largest absolute Gasteiger partial charge is 0.337 e. The Hall–Kier alpha value is -2.28. The first-order valence-electron chi connectivity index (χ1n) is 11.0. The minimum absolute atomic E-state index is 0.180. The predicted molar refractivity (Wildman–Crippen MR) is 122 cm³/mol. The average Bonchev–Trinajstić information content (AvgIpc) is 3.37. The molecule has 1 aromatic carbocycles. The van der Waals surface area contributed by atoms with Gasteiger partial charge in [0, 0.05) is 44.8 Å². The standard InChI is InChI=1S/C21H29N5O5S2/c1-16-20(17(2)23-22-16)33(30,31)26-13-5-10-24(14-15-26)21(27)18-6-8-19(9-7-18)32(28,29)25-11-3-4-12-25/h6-9H,3-5,10-15H2,1-2H3,(H,22,23). The zero-order chi connectivity index (χ0) is 23.8. The molecule has 2 aromatic rings. The van der Waals surface area contributed by atoms with Crippen molar-refractivity contribution in [2.45, 2.75) is 42.9 Å². The van der Waals surface area contributed by atoms with Crippen molar-refractivity contribution < 1.29 is 21.6 Å². The van der Waals surface area contributed by atoms with Crippen LogP contribution in [0.1, 0.15) is 41.0 Å². The molecule has 180 valence electrons. The van der Waals surface area contributed by atoms with E-state index in [9.17, 15) is 21.6 Å². The number of aryl methyl sites for hydroxylation is 2. The van der Waals surface area contributed by atoms with Gasteiger partial charge >= 0.3 is 0 Å². The van der Waals surface area contributed by atoms with Crippen LogP contribution in [0.25, 0.3) is 0 Å². The second kappa shape index (κ2) is 9.16. The maximum atomic E-state index is 13.1. The summed E-state index contributed by atoms with van der Waals surface area (Å²) < 4.78 is 54.5. The van der Waals surface area contributed by atoms with E-state index in [1.807, 2.05) is 0 Å².